The highest BCUT2D eigenvalue weighted by atomic mass is 35.5. The van der Waals surface area contributed by atoms with Crippen molar-refractivity contribution in [1.29, 1.82) is 0 Å². The van der Waals surface area contributed by atoms with E-state index >= 15 is 0 Å². The highest BCUT2D eigenvalue weighted by molar-refractivity contribution is 7.99. The molecule has 0 spiro atoms. The van der Waals surface area contributed by atoms with Crippen LogP contribution in [0.15, 0.2) is 48.5 Å². The van der Waals surface area contributed by atoms with Crippen LogP contribution in [0.25, 0.3) is 0 Å². The van der Waals surface area contributed by atoms with Gasteiger partial charge in [0.1, 0.15) is 5.82 Å². The van der Waals surface area contributed by atoms with E-state index in [1.54, 1.807) is 18.2 Å². The molecule has 0 aromatic heterocycles. The summed E-state index contributed by atoms with van der Waals surface area (Å²) in [6.07, 6.45) is 0. The van der Waals surface area contributed by atoms with Crippen molar-refractivity contribution in [3.8, 4) is 0 Å². The van der Waals surface area contributed by atoms with E-state index in [0.29, 0.717) is 16.5 Å². The zero-order valence-corrected chi connectivity index (χ0v) is 13.8. The molecular weight excluding hydrogens is 321 g/mol. The van der Waals surface area contributed by atoms with Crippen molar-refractivity contribution in [3.05, 3.63) is 70.5 Å². The highest BCUT2D eigenvalue weighted by Gasteiger charge is 2.09. The molecule has 1 amide bonds. The quantitative estimate of drug-likeness (QED) is 0.835. The lowest BCUT2D eigenvalue weighted by Crippen LogP contribution is -2.28. The van der Waals surface area contributed by atoms with Crippen LogP contribution in [-0.4, -0.2) is 11.7 Å². The van der Waals surface area contributed by atoms with Gasteiger partial charge < -0.3 is 5.32 Å². The summed E-state index contributed by atoms with van der Waals surface area (Å²) in [6.45, 7) is 1.93. The Morgan fingerprint density at radius 2 is 2.00 bits per heavy atom. The van der Waals surface area contributed by atoms with Crippen LogP contribution in [0.3, 0.4) is 0 Å². The molecule has 0 bridgehead atoms. The van der Waals surface area contributed by atoms with Gasteiger partial charge in [-0.2, -0.15) is 0 Å². The first-order valence-corrected chi connectivity index (χ1v) is 8.45. The van der Waals surface area contributed by atoms with E-state index in [1.165, 1.54) is 23.9 Å². The zero-order chi connectivity index (χ0) is 15.9. The van der Waals surface area contributed by atoms with Crippen molar-refractivity contribution in [3.63, 3.8) is 0 Å². The van der Waals surface area contributed by atoms with E-state index in [4.69, 9.17) is 11.6 Å². The van der Waals surface area contributed by atoms with Gasteiger partial charge >= 0.3 is 0 Å². The van der Waals surface area contributed by atoms with Gasteiger partial charge in [0.25, 0.3) is 0 Å². The molecule has 2 aromatic carbocycles. The fourth-order valence-corrected chi connectivity index (χ4v) is 2.92. The monoisotopic (exact) mass is 337 g/mol. The number of rotatable bonds is 6. The Hall–Kier alpha value is -1.52. The van der Waals surface area contributed by atoms with Gasteiger partial charge in [0.2, 0.25) is 5.91 Å². The van der Waals surface area contributed by atoms with E-state index in [0.717, 1.165) is 11.1 Å². The second-order valence-electron chi connectivity index (χ2n) is 4.96. The molecule has 0 saturated heterocycles. The molecule has 2 rings (SSSR count). The second-order valence-corrected chi connectivity index (χ2v) is 6.39. The lowest BCUT2D eigenvalue weighted by atomic mass is 10.1. The van der Waals surface area contributed by atoms with Gasteiger partial charge in [-0.05, 0) is 42.3 Å². The van der Waals surface area contributed by atoms with E-state index in [9.17, 15) is 9.18 Å². The van der Waals surface area contributed by atoms with Gasteiger partial charge in [-0.15, -0.1) is 11.8 Å². The van der Waals surface area contributed by atoms with Crippen molar-refractivity contribution in [2.24, 2.45) is 0 Å². The van der Waals surface area contributed by atoms with Crippen LogP contribution in [0.5, 0.6) is 0 Å². The third kappa shape index (κ3) is 5.35. The maximum Gasteiger partial charge on any atom is 0.230 e. The maximum absolute atomic E-state index is 13.0. The number of nitrogens with one attached hydrogen (secondary N) is 1. The number of benzene rings is 2. The number of amides is 1. The largest absolute Gasteiger partial charge is 0.349 e. The van der Waals surface area contributed by atoms with Gasteiger partial charge in [-0.25, -0.2) is 4.39 Å². The Bertz CT molecular complexity index is 633. The first-order chi connectivity index (χ1) is 10.5. The first-order valence-electron chi connectivity index (χ1n) is 6.91. The Kier molecular flexibility index (Phi) is 6.28. The summed E-state index contributed by atoms with van der Waals surface area (Å²) < 4.78 is 13.0. The molecule has 0 heterocycles. The molecule has 0 fully saturated rings. The summed E-state index contributed by atoms with van der Waals surface area (Å²) in [4.78, 5) is 11.9. The molecular formula is C17H17ClFNOS. The minimum atomic E-state index is -0.251. The van der Waals surface area contributed by atoms with Gasteiger partial charge in [0.05, 0.1) is 11.8 Å². The van der Waals surface area contributed by atoms with Crippen LogP contribution >= 0.6 is 23.4 Å². The van der Waals surface area contributed by atoms with E-state index in [-0.39, 0.29) is 17.8 Å². The van der Waals surface area contributed by atoms with Crippen molar-refractivity contribution in [1.82, 2.24) is 5.32 Å². The number of carbonyl (C=O) groups is 1. The number of carbonyl (C=O) groups excluding carboxylic acids is 1. The summed E-state index contributed by atoms with van der Waals surface area (Å²) in [5.74, 6) is 0.664. The molecule has 0 aliphatic carbocycles. The summed E-state index contributed by atoms with van der Waals surface area (Å²) in [6, 6.07) is 13.8. The summed E-state index contributed by atoms with van der Waals surface area (Å²) in [5.41, 5.74) is 1.89. The normalized spacial score (nSPS) is 12.0. The number of hydrogen-bond acceptors (Lipinski definition) is 2. The first kappa shape index (κ1) is 16.8. The van der Waals surface area contributed by atoms with Crippen LogP contribution in [0, 0.1) is 5.82 Å². The molecule has 2 aromatic rings. The van der Waals surface area contributed by atoms with Crippen LogP contribution < -0.4 is 5.32 Å². The van der Waals surface area contributed by atoms with E-state index in [1.807, 2.05) is 25.1 Å². The van der Waals surface area contributed by atoms with Gasteiger partial charge in [-0.3, -0.25) is 4.79 Å². The number of thioether (sulfide) groups is 1. The van der Waals surface area contributed by atoms with Crippen LogP contribution in [0.1, 0.15) is 24.1 Å². The molecule has 0 radical (unpaired) electrons. The smallest absolute Gasteiger partial charge is 0.230 e. The van der Waals surface area contributed by atoms with Crippen LogP contribution in [0.4, 0.5) is 4.39 Å². The summed E-state index contributed by atoms with van der Waals surface area (Å²) in [7, 11) is 0. The van der Waals surface area contributed by atoms with Crippen molar-refractivity contribution >= 4 is 29.3 Å². The Balaban J connectivity index is 1.76. The van der Waals surface area contributed by atoms with Gasteiger partial charge in [0, 0.05) is 10.8 Å². The van der Waals surface area contributed by atoms with Crippen molar-refractivity contribution in [2.75, 3.05) is 5.75 Å². The minimum absolute atomic E-state index is 0.0381. The molecule has 22 heavy (non-hydrogen) atoms. The van der Waals surface area contributed by atoms with Crippen LogP contribution in [-0.2, 0) is 10.5 Å². The Labute approximate surface area is 139 Å². The molecule has 1 N–H and O–H groups in total. The molecule has 1 atom stereocenters. The predicted octanol–water partition coefficient (Wildman–Crippen LogP) is 4.59. The molecule has 0 unspecified atom stereocenters. The van der Waals surface area contributed by atoms with Gasteiger partial charge in [-0.1, -0.05) is 35.9 Å². The third-order valence-electron chi connectivity index (χ3n) is 3.14. The average molecular weight is 338 g/mol. The highest BCUT2D eigenvalue weighted by Crippen LogP contribution is 2.17. The third-order valence-corrected chi connectivity index (χ3v) is 4.39. The maximum atomic E-state index is 13.0. The second kappa shape index (κ2) is 8.20. The lowest BCUT2D eigenvalue weighted by Gasteiger charge is -2.14. The van der Waals surface area contributed by atoms with E-state index in [2.05, 4.69) is 5.32 Å². The number of hydrogen-bond donors (Lipinski definition) is 1. The zero-order valence-electron chi connectivity index (χ0n) is 12.2. The van der Waals surface area contributed by atoms with Crippen LogP contribution in [0.2, 0.25) is 5.02 Å². The molecule has 2 nitrogen and oxygen atoms in total. The Morgan fingerprint density at radius 3 is 2.68 bits per heavy atom. The Morgan fingerprint density at radius 1 is 1.27 bits per heavy atom. The standard InChI is InChI=1S/C17H17ClFNOS/c1-12(14-5-7-15(18)8-6-14)20-17(21)11-22-10-13-3-2-4-16(19)9-13/h2-9,12H,10-11H2,1H3,(H,20,21)/t12-/m1/s1. The van der Waals surface area contributed by atoms with Crippen molar-refractivity contribution in [2.45, 2.75) is 18.7 Å². The van der Waals surface area contributed by atoms with Crippen molar-refractivity contribution < 1.29 is 9.18 Å². The summed E-state index contributed by atoms with van der Waals surface area (Å²) >= 11 is 7.31. The molecule has 0 aliphatic rings. The van der Waals surface area contributed by atoms with Gasteiger partial charge in [0.15, 0.2) is 0 Å². The SMILES string of the molecule is C[C@@H](NC(=O)CSCc1cccc(F)c1)c1ccc(Cl)cc1. The lowest BCUT2D eigenvalue weighted by molar-refractivity contribution is -0.119. The molecule has 0 saturated carbocycles. The fraction of sp³-hybridized carbons (Fsp3) is 0.235. The minimum Gasteiger partial charge on any atom is -0.349 e. The average Bonchev–Trinajstić information content (AvgIpc) is 2.48. The fourth-order valence-electron chi connectivity index (χ4n) is 2.01. The number of halogens is 2. The molecule has 116 valence electrons. The summed E-state index contributed by atoms with van der Waals surface area (Å²) in [5, 5.41) is 3.61. The molecule has 0 aliphatic heterocycles. The van der Waals surface area contributed by atoms with E-state index < -0.39 is 0 Å². The predicted molar refractivity (Wildman–Crippen MR) is 90.6 cm³/mol. The molecule has 5 heteroatoms. The topological polar surface area (TPSA) is 29.1 Å².